The van der Waals surface area contributed by atoms with E-state index >= 15 is 0 Å². The number of nitrogens with one attached hydrogen (secondary N) is 1. The highest BCUT2D eigenvalue weighted by atomic mass is 127. The van der Waals surface area contributed by atoms with Crippen molar-refractivity contribution in [3.05, 3.63) is 58.9 Å². The number of hydrogen-bond donors (Lipinski definition) is 2. The molecule has 0 spiro atoms. The summed E-state index contributed by atoms with van der Waals surface area (Å²) in [5.41, 5.74) is 11.6. The summed E-state index contributed by atoms with van der Waals surface area (Å²) in [7, 11) is 0. The van der Waals surface area contributed by atoms with Gasteiger partial charge in [-0.25, -0.2) is 4.99 Å². The Hall–Kier alpha value is -1.63. The summed E-state index contributed by atoms with van der Waals surface area (Å²) in [5, 5.41) is 3.11. The largest absolute Gasteiger partial charge is 0.370 e. The molecule has 0 radical (unpaired) electrons. The Balaban J connectivity index is 0.00000242. The van der Waals surface area contributed by atoms with E-state index in [1.165, 1.54) is 16.7 Å². The molecule has 0 bridgehead atoms. The lowest BCUT2D eigenvalue weighted by atomic mass is 10.1. The van der Waals surface area contributed by atoms with Gasteiger partial charge in [-0.2, -0.15) is 0 Å². The van der Waals surface area contributed by atoms with Gasteiger partial charge in [0.25, 0.3) is 0 Å². The molecule has 1 heterocycles. The van der Waals surface area contributed by atoms with E-state index < -0.39 is 0 Å². The summed E-state index contributed by atoms with van der Waals surface area (Å²) in [6.07, 6.45) is 2.81. The number of guanidine groups is 1. The number of halogens is 1. The summed E-state index contributed by atoms with van der Waals surface area (Å²) in [4.78, 5) is 8.64. The predicted octanol–water partition coefficient (Wildman–Crippen LogP) is 3.81. The number of benzene rings is 1. The van der Waals surface area contributed by atoms with Crippen molar-refractivity contribution in [3.8, 4) is 0 Å². The molecule has 0 atom stereocenters. The molecule has 3 N–H and O–H groups in total. The molecule has 2 rings (SSSR count). The van der Waals surface area contributed by atoms with Crippen molar-refractivity contribution in [2.24, 2.45) is 10.7 Å². The lowest BCUT2D eigenvalue weighted by molar-refractivity contribution is 0.967. The molecule has 22 heavy (non-hydrogen) atoms. The third-order valence-electron chi connectivity index (χ3n) is 3.48. The van der Waals surface area contributed by atoms with Gasteiger partial charge in [-0.3, -0.25) is 4.98 Å². The van der Waals surface area contributed by atoms with E-state index in [0.29, 0.717) is 12.5 Å². The monoisotopic (exact) mass is 410 g/mol. The third kappa shape index (κ3) is 5.29. The van der Waals surface area contributed by atoms with Gasteiger partial charge in [0, 0.05) is 11.9 Å². The van der Waals surface area contributed by atoms with Crippen LogP contribution in [-0.4, -0.2) is 10.9 Å². The highest BCUT2D eigenvalue weighted by Crippen LogP contribution is 2.13. The summed E-state index contributed by atoms with van der Waals surface area (Å²) in [6.45, 7) is 6.77. The SMILES string of the molecule is CCc1ccnc(CN=C(N)Nc2ccc(C)c(C)c2)c1.I. The van der Waals surface area contributed by atoms with Crippen LogP contribution < -0.4 is 11.1 Å². The van der Waals surface area contributed by atoms with E-state index in [-0.39, 0.29) is 24.0 Å². The van der Waals surface area contributed by atoms with Gasteiger partial charge in [0.1, 0.15) is 0 Å². The number of anilines is 1. The second kappa shape index (κ2) is 8.73. The van der Waals surface area contributed by atoms with Crippen LogP contribution in [0, 0.1) is 13.8 Å². The van der Waals surface area contributed by atoms with Crippen molar-refractivity contribution in [2.45, 2.75) is 33.7 Å². The van der Waals surface area contributed by atoms with Crippen molar-refractivity contribution in [1.29, 1.82) is 0 Å². The highest BCUT2D eigenvalue weighted by Gasteiger charge is 1.99. The van der Waals surface area contributed by atoms with Gasteiger partial charge in [0.2, 0.25) is 0 Å². The predicted molar refractivity (Wildman–Crippen MR) is 104 cm³/mol. The van der Waals surface area contributed by atoms with Crippen LogP contribution in [0.2, 0.25) is 0 Å². The zero-order valence-electron chi connectivity index (χ0n) is 13.3. The number of aliphatic imine (C=N–C) groups is 1. The fourth-order valence-electron chi connectivity index (χ4n) is 2.01. The van der Waals surface area contributed by atoms with Crippen LogP contribution in [-0.2, 0) is 13.0 Å². The summed E-state index contributed by atoms with van der Waals surface area (Å²) < 4.78 is 0. The Bertz CT molecular complexity index is 653. The highest BCUT2D eigenvalue weighted by molar-refractivity contribution is 14.0. The topological polar surface area (TPSA) is 63.3 Å². The molecule has 2 aromatic rings. The maximum atomic E-state index is 5.92. The first-order valence-electron chi connectivity index (χ1n) is 7.16. The van der Waals surface area contributed by atoms with Gasteiger partial charge < -0.3 is 11.1 Å². The van der Waals surface area contributed by atoms with Crippen LogP contribution in [0.15, 0.2) is 41.5 Å². The fourth-order valence-corrected chi connectivity index (χ4v) is 2.01. The Morgan fingerprint density at radius 3 is 2.64 bits per heavy atom. The molecular weight excluding hydrogens is 387 g/mol. The maximum Gasteiger partial charge on any atom is 0.193 e. The average Bonchev–Trinajstić information content (AvgIpc) is 2.49. The Kier molecular flexibility index (Phi) is 7.31. The second-order valence-corrected chi connectivity index (χ2v) is 5.13. The zero-order chi connectivity index (χ0) is 15.2. The Labute approximate surface area is 149 Å². The molecule has 4 nitrogen and oxygen atoms in total. The number of aromatic nitrogens is 1. The molecular formula is C17H23IN4. The molecule has 1 aromatic carbocycles. The minimum Gasteiger partial charge on any atom is -0.370 e. The van der Waals surface area contributed by atoms with E-state index in [2.05, 4.69) is 54.3 Å². The molecule has 0 fully saturated rings. The van der Waals surface area contributed by atoms with Gasteiger partial charge in [-0.1, -0.05) is 13.0 Å². The molecule has 0 unspecified atom stereocenters. The summed E-state index contributed by atoms with van der Waals surface area (Å²) >= 11 is 0. The first-order chi connectivity index (χ1) is 10.1. The minimum absolute atomic E-state index is 0. The summed E-state index contributed by atoms with van der Waals surface area (Å²) in [5.74, 6) is 0.405. The van der Waals surface area contributed by atoms with Gasteiger partial charge >= 0.3 is 0 Å². The van der Waals surface area contributed by atoms with Crippen LogP contribution in [0.5, 0.6) is 0 Å². The number of pyridine rings is 1. The van der Waals surface area contributed by atoms with Crippen molar-refractivity contribution in [2.75, 3.05) is 5.32 Å². The van der Waals surface area contributed by atoms with Crippen molar-refractivity contribution < 1.29 is 0 Å². The third-order valence-corrected chi connectivity index (χ3v) is 3.48. The number of aryl methyl sites for hydroxylation is 3. The Morgan fingerprint density at radius 2 is 1.95 bits per heavy atom. The van der Waals surface area contributed by atoms with Gasteiger partial charge in [-0.05, 0) is 61.2 Å². The first-order valence-corrected chi connectivity index (χ1v) is 7.16. The van der Waals surface area contributed by atoms with Crippen LogP contribution >= 0.6 is 24.0 Å². The van der Waals surface area contributed by atoms with Crippen molar-refractivity contribution in [3.63, 3.8) is 0 Å². The number of nitrogens with two attached hydrogens (primary N) is 1. The molecule has 0 aliphatic heterocycles. The van der Waals surface area contributed by atoms with Crippen LogP contribution in [0.4, 0.5) is 5.69 Å². The normalized spacial score (nSPS) is 11.0. The lowest BCUT2D eigenvalue weighted by Crippen LogP contribution is -2.22. The Morgan fingerprint density at radius 1 is 1.18 bits per heavy atom. The molecule has 118 valence electrons. The van der Waals surface area contributed by atoms with Crippen molar-refractivity contribution >= 4 is 35.6 Å². The quantitative estimate of drug-likeness (QED) is 0.458. The molecule has 1 aromatic heterocycles. The van der Waals surface area contributed by atoms with Crippen LogP contribution in [0.25, 0.3) is 0 Å². The van der Waals surface area contributed by atoms with E-state index in [0.717, 1.165) is 17.8 Å². The fraction of sp³-hybridized carbons (Fsp3) is 0.294. The van der Waals surface area contributed by atoms with Gasteiger partial charge in [-0.15, -0.1) is 24.0 Å². The molecule has 0 aliphatic rings. The molecule has 0 saturated heterocycles. The average molecular weight is 410 g/mol. The minimum atomic E-state index is 0. The van der Waals surface area contributed by atoms with E-state index in [1.54, 1.807) is 0 Å². The van der Waals surface area contributed by atoms with Gasteiger partial charge in [0.15, 0.2) is 5.96 Å². The zero-order valence-corrected chi connectivity index (χ0v) is 15.6. The number of nitrogens with zero attached hydrogens (tertiary/aromatic N) is 2. The number of hydrogen-bond acceptors (Lipinski definition) is 2. The molecule has 0 aliphatic carbocycles. The molecule has 5 heteroatoms. The van der Waals surface area contributed by atoms with Crippen LogP contribution in [0.3, 0.4) is 0 Å². The van der Waals surface area contributed by atoms with Gasteiger partial charge in [0.05, 0.1) is 12.2 Å². The van der Waals surface area contributed by atoms with E-state index in [1.807, 2.05) is 18.3 Å². The van der Waals surface area contributed by atoms with Crippen molar-refractivity contribution in [1.82, 2.24) is 4.98 Å². The maximum absolute atomic E-state index is 5.92. The van der Waals surface area contributed by atoms with Crippen LogP contribution in [0.1, 0.15) is 29.3 Å². The standard InChI is InChI=1S/C17H22N4.HI/c1-4-14-7-8-19-16(10-14)11-20-17(18)21-15-6-5-12(2)13(3)9-15;/h5-10H,4,11H2,1-3H3,(H3,18,20,21);1H. The van der Waals surface area contributed by atoms with E-state index in [4.69, 9.17) is 5.73 Å². The first kappa shape index (κ1) is 18.4. The van der Waals surface area contributed by atoms with E-state index in [9.17, 15) is 0 Å². The molecule has 0 saturated carbocycles. The second-order valence-electron chi connectivity index (χ2n) is 5.13. The summed E-state index contributed by atoms with van der Waals surface area (Å²) in [6, 6.07) is 10.2. The smallest absolute Gasteiger partial charge is 0.193 e. The lowest BCUT2D eigenvalue weighted by Gasteiger charge is -2.08. The molecule has 0 amide bonds. The number of rotatable bonds is 4.